The normalized spacial score (nSPS) is 29.0. The zero-order valence-electron chi connectivity index (χ0n) is 11.5. The van der Waals surface area contributed by atoms with Crippen molar-refractivity contribution in [2.75, 3.05) is 0 Å². The van der Waals surface area contributed by atoms with E-state index in [1.165, 1.54) is 19.3 Å². The van der Waals surface area contributed by atoms with Crippen molar-refractivity contribution in [3.63, 3.8) is 0 Å². The monoisotopic (exact) mass is 224 g/mol. The predicted molar refractivity (Wildman–Crippen MR) is 69.4 cm³/mol. The summed E-state index contributed by atoms with van der Waals surface area (Å²) in [5, 5.41) is 0. The summed E-state index contributed by atoms with van der Waals surface area (Å²) in [6, 6.07) is 0. The summed E-state index contributed by atoms with van der Waals surface area (Å²) in [6.07, 6.45) is 7.77. The van der Waals surface area contributed by atoms with Gasteiger partial charge in [-0.15, -0.1) is 0 Å². The van der Waals surface area contributed by atoms with Gasteiger partial charge in [0.1, 0.15) is 5.78 Å². The lowest BCUT2D eigenvalue weighted by atomic mass is 9.62. The van der Waals surface area contributed by atoms with E-state index in [4.69, 9.17) is 0 Å². The fraction of sp³-hybridized carbons (Fsp3) is 0.933. The highest BCUT2D eigenvalue weighted by atomic mass is 16.1. The van der Waals surface area contributed by atoms with Crippen molar-refractivity contribution >= 4 is 5.78 Å². The number of ketones is 1. The smallest absolute Gasteiger partial charge is 0.132 e. The van der Waals surface area contributed by atoms with Gasteiger partial charge in [0.15, 0.2) is 0 Å². The molecule has 94 valence electrons. The number of rotatable bonds is 5. The van der Waals surface area contributed by atoms with Crippen molar-refractivity contribution in [3.8, 4) is 0 Å². The van der Waals surface area contributed by atoms with E-state index in [-0.39, 0.29) is 0 Å². The zero-order chi connectivity index (χ0) is 12.2. The van der Waals surface area contributed by atoms with Crippen LogP contribution in [0.5, 0.6) is 0 Å². The van der Waals surface area contributed by atoms with Crippen LogP contribution >= 0.6 is 0 Å². The quantitative estimate of drug-likeness (QED) is 0.667. The first kappa shape index (κ1) is 13.7. The minimum atomic E-state index is 0.449. The van der Waals surface area contributed by atoms with E-state index in [1.54, 1.807) is 0 Å². The molecule has 0 unspecified atom stereocenters. The van der Waals surface area contributed by atoms with Crippen LogP contribution in [0.2, 0.25) is 0 Å². The average molecular weight is 224 g/mol. The molecule has 0 saturated heterocycles. The highest BCUT2D eigenvalue weighted by Crippen LogP contribution is 2.46. The van der Waals surface area contributed by atoms with Crippen LogP contribution in [0.1, 0.15) is 72.6 Å². The second-order valence-corrected chi connectivity index (χ2v) is 6.29. The van der Waals surface area contributed by atoms with E-state index in [2.05, 4.69) is 27.7 Å². The summed E-state index contributed by atoms with van der Waals surface area (Å²) in [5.74, 6) is 2.02. The van der Waals surface area contributed by atoms with Crippen LogP contribution in [0.3, 0.4) is 0 Å². The van der Waals surface area contributed by atoms with Gasteiger partial charge < -0.3 is 0 Å². The molecule has 16 heavy (non-hydrogen) atoms. The van der Waals surface area contributed by atoms with Crippen molar-refractivity contribution in [1.82, 2.24) is 0 Å². The summed E-state index contributed by atoms with van der Waals surface area (Å²) in [4.78, 5) is 11.6. The van der Waals surface area contributed by atoms with Gasteiger partial charge in [-0.3, -0.25) is 4.79 Å². The summed E-state index contributed by atoms with van der Waals surface area (Å²) < 4.78 is 0. The number of hydrogen-bond donors (Lipinski definition) is 0. The molecule has 0 aromatic rings. The molecular formula is C15H28O. The maximum atomic E-state index is 11.6. The fourth-order valence-electron chi connectivity index (χ4n) is 3.43. The molecule has 1 nitrogen and oxygen atoms in total. The number of Topliss-reactive ketones (excluding diaryl/α,β-unsaturated/α-hetero) is 1. The minimum absolute atomic E-state index is 0.449. The SMILES string of the molecule is CCCC(=O)CC[C@H]1[C@H](C)CCCC1(C)C. The molecule has 1 saturated carbocycles. The van der Waals surface area contributed by atoms with Crippen molar-refractivity contribution < 1.29 is 4.79 Å². The van der Waals surface area contributed by atoms with Crippen molar-refractivity contribution in [2.45, 2.75) is 72.6 Å². The van der Waals surface area contributed by atoms with Gasteiger partial charge in [0.25, 0.3) is 0 Å². The molecule has 1 fully saturated rings. The summed E-state index contributed by atoms with van der Waals surface area (Å²) in [6.45, 7) is 9.23. The molecule has 1 aliphatic carbocycles. The third-order valence-electron chi connectivity index (χ3n) is 4.43. The molecule has 0 spiro atoms. The fourth-order valence-corrected chi connectivity index (χ4v) is 3.43. The third kappa shape index (κ3) is 3.61. The van der Waals surface area contributed by atoms with Crippen molar-refractivity contribution in [2.24, 2.45) is 17.3 Å². The third-order valence-corrected chi connectivity index (χ3v) is 4.43. The van der Waals surface area contributed by atoms with Gasteiger partial charge in [0.2, 0.25) is 0 Å². The van der Waals surface area contributed by atoms with Crippen molar-refractivity contribution in [3.05, 3.63) is 0 Å². The molecule has 0 bridgehead atoms. The van der Waals surface area contributed by atoms with Crippen LogP contribution < -0.4 is 0 Å². The van der Waals surface area contributed by atoms with Crippen LogP contribution in [0.4, 0.5) is 0 Å². The Bertz CT molecular complexity index is 230. The lowest BCUT2D eigenvalue weighted by Crippen LogP contribution is -2.34. The molecule has 0 radical (unpaired) electrons. The molecule has 0 aliphatic heterocycles. The van der Waals surface area contributed by atoms with E-state index in [0.29, 0.717) is 11.2 Å². The molecule has 1 rings (SSSR count). The van der Waals surface area contributed by atoms with Crippen LogP contribution in [0.15, 0.2) is 0 Å². The average Bonchev–Trinajstić information content (AvgIpc) is 2.16. The van der Waals surface area contributed by atoms with E-state index < -0.39 is 0 Å². The Kier molecular flexibility index (Phi) is 5.01. The predicted octanol–water partition coefficient (Wildman–Crippen LogP) is 4.60. The molecule has 1 aliphatic rings. The summed E-state index contributed by atoms with van der Waals surface area (Å²) in [7, 11) is 0. The van der Waals surface area contributed by atoms with Gasteiger partial charge in [0, 0.05) is 12.8 Å². The van der Waals surface area contributed by atoms with Crippen LogP contribution in [0, 0.1) is 17.3 Å². The number of hydrogen-bond acceptors (Lipinski definition) is 1. The Morgan fingerprint density at radius 2 is 2.00 bits per heavy atom. The van der Waals surface area contributed by atoms with Crippen molar-refractivity contribution in [1.29, 1.82) is 0 Å². The molecule has 0 aromatic carbocycles. The molecule has 0 aromatic heterocycles. The van der Waals surface area contributed by atoms with E-state index in [0.717, 1.165) is 37.5 Å². The largest absolute Gasteiger partial charge is 0.300 e. The van der Waals surface area contributed by atoms with Gasteiger partial charge >= 0.3 is 0 Å². The van der Waals surface area contributed by atoms with Crippen LogP contribution in [0.25, 0.3) is 0 Å². The molecule has 2 atom stereocenters. The molecule has 1 heteroatoms. The van der Waals surface area contributed by atoms with E-state index in [1.807, 2.05) is 0 Å². The van der Waals surface area contributed by atoms with Crippen LogP contribution in [-0.2, 0) is 4.79 Å². The highest BCUT2D eigenvalue weighted by Gasteiger charge is 2.36. The lowest BCUT2D eigenvalue weighted by molar-refractivity contribution is -0.119. The Balaban J connectivity index is 2.46. The Morgan fingerprint density at radius 1 is 1.31 bits per heavy atom. The first-order valence-electron chi connectivity index (χ1n) is 6.99. The zero-order valence-corrected chi connectivity index (χ0v) is 11.5. The first-order valence-corrected chi connectivity index (χ1v) is 6.99. The van der Waals surface area contributed by atoms with E-state index >= 15 is 0 Å². The Morgan fingerprint density at radius 3 is 2.56 bits per heavy atom. The Labute approximate surface area is 101 Å². The standard InChI is InChI=1S/C15H28O/c1-5-7-13(16)9-10-14-12(2)8-6-11-15(14,3)4/h12,14H,5-11H2,1-4H3/t12-,14+/m1/s1. The molecular weight excluding hydrogens is 196 g/mol. The Hall–Kier alpha value is -0.330. The van der Waals surface area contributed by atoms with Crippen LogP contribution in [-0.4, -0.2) is 5.78 Å². The van der Waals surface area contributed by atoms with Gasteiger partial charge in [0.05, 0.1) is 0 Å². The van der Waals surface area contributed by atoms with Gasteiger partial charge in [-0.1, -0.05) is 40.5 Å². The maximum Gasteiger partial charge on any atom is 0.132 e. The molecule has 0 amide bonds. The molecule has 0 heterocycles. The maximum absolute atomic E-state index is 11.6. The topological polar surface area (TPSA) is 17.1 Å². The second-order valence-electron chi connectivity index (χ2n) is 6.29. The van der Waals surface area contributed by atoms with E-state index in [9.17, 15) is 4.79 Å². The lowest BCUT2D eigenvalue weighted by Gasteiger charge is -2.43. The first-order chi connectivity index (χ1) is 7.47. The number of carbonyl (C=O) groups excluding carboxylic acids is 1. The number of carbonyl (C=O) groups is 1. The molecule has 0 N–H and O–H groups in total. The van der Waals surface area contributed by atoms with Gasteiger partial charge in [-0.25, -0.2) is 0 Å². The highest BCUT2D eigenvalue weighted by molar-refractivity contribution is 5.78. The van der Waals surface area contributed by atoms with Gasteiger partial charge in [-0.05, 0) is 36.5 Å². The summed E-state index contributed by atoms with van der Waals surface area (Å²) >= 11 is 0. The second kappa shape index (κ2) is 5.84. The van der Waals surface area contributed by atoms with Gasteiger partial charge in [-0.2, -0.15) is 0 Å². The minimum Gasteiger partial charge on any atom is -0.300 e. The summed E-state index contributed by atoms with van der Waals surface area (Å²) in [5.41, 5.74) is 0.449.